The Hall–Kier alpha value is -3.06. The summed E-state index contributed by atoms with van der Waals surface area (Å²) >= 11 is 3.54. The van der Waals surface area contributed by atoms with Crippen molar-refractivity contribution in [1.29, 1.82) is 0 Å². The molecule has 0 radical (unpaired) electrons. The van der Waals surface area contributed by atoms with E-state index in [1.54, 1.807) is 18.5 Å². The van der Waals surface area contributed by atoms with E-state index < -0.39 is 0 Å². The summed E-state index contributed by atoms with van der Waals surface area (Å²) in [5, 5.41) is 0. The van der Waals surface area contributed by atoms with Gasteiger partial charge in [0.2, 0.25) is 0 Å². The molecule has 144 valence electrons. The van der Waals surface area contributed by atoms with E-state index in [1.165, 1.54) is 12.5 Å². The van der Waals surface area contributed by atoms with Crippen molar-refractivity contribution in [2.75, 3.05) is 0 Å². The van der Waals surface area contributed by atoms with Gasteiger partial charge >= 0.3 is 0 Å². The van der Waals surface area contributed by atoms with Crippen LogP contribution in [0.1, 0.15) is 35.5 Å². The van der Waals surface area contributed by atoms with E-state index in [1.807, 2.05) is 42.7 Å². The number of imidazole rings is 1. The average molecular weight is 451 g/mol. The van der Waals surface area contributed by atoms with Gasteiger partial charge in [0.1, 0.15) is 17.8 Å². The molecule has 1 aliphatic rings. The second kappa shape index (κ2) is 6.77. The lowest BCUT2D eigenvalue weighted by Crippen LogP contribution is -2.09. The Morgan fingerprint density at radius 2 is 1.93 bits per heavy atom. The van der Waals surface area contributed by atoms with Crippen molar-refractivity contribution in [3.05, 3.63) is 88.0 Å². The summed E-state index contributed by atoms with van der Waals surface area (Å²) in [5.74, 6) is 0.314. The molecule has 2 aromatic carbocycles. The van der Waals surface area contributed by atoms with Gasteiger partial charge in [0.25, 0.3) is 0 Å². The number of hydrogen-bond acceptors (Lipinski definition) is 4. The quantitative estimate of drug-likeness (QED) is 0.396. The van der Waals surface area contributed by atoms with Crippen LogP contribution < -0.4 is 0 Å². The SMILES string of the molecule is Cc1ncoc1-c1ncn2c1[C@@H](C)N=C(c1ccccc1F)c1cc(Br)ccc1-2. The van der Waals surface area contributed by atoms with Crippen molar-refractivity contribution >= 4 is 21.6 Å². The first-order valence-corrected chi connectivity index (χ1v) is 9.94. The highest BCUT2D eigenvalue weighted by atomic mass is 79.9. The first-order valence-electron chi connectivity index (χ1n) is 9.15. The zero-order valence-corrected chi connectivity index (χ0v) is 17.3. The fourth-order valence-electron chi connectivity index (χ4n) is 3.75. The Labute approximate surface area is 175 Å². The minimum absolute atomic E-state index is 0.280. The lowest BCUT2D eigenvalue weighted by atomic mass is 10.00. The highest BCUT2D eigenvalue weighted by Crippen LogP contribution is 2.37. The standard InChI is InChI=1S/C22H16BrFN4O/c1-12-21-20(22-13(2)26-11-29-22)25-10-28(21)18-8-7-14(23)9-16(18)19(27-12)15-5-3-4-6-17(15)24/h3-12H,1-2H3/t12-/m1/s1. The molecule has 5 nitrogen and oxygen atoms in total. The number of rotatable bonds is 2. The van der Waals surface area contributed by atoms with E-state index >= 15 is 0 Å². The zero-order valence-electron chi connectivity index (χ0n) is 15.7. The second-order valence-electron chi connectivity index (χ2n) is 6.91. The maximum atomic E-state index is 14.7. The number of nitrogens with zero attached hydrogens (tertiary/aromatic N) is 4. The lowest BCUT2D eigenvalue weighted by Gasteiger charge is -2.12. The zero-order chi connectivity index (χ0) is 20.1. The summed E-state index contributed by atoms with van der Waals surface area (Å²) in [7, 11) is 0. The Balaban J connectivity index is 1.82. The van der Waals surface area contributed by atoms with Crippen LogP contribution in [0.4, 0.5) is 4.39 Å². The van der Waals surface area contributed by atoms with Gasteiger partial charge in [0, 0.05) is 15.6 Å². The maximum Gasteiger partial charge on any atom is 0.181 e. The number of fused-ring (bicyclic) bond motifs is 3. The van der Waals surface area contributed by atoms with Crippen LogP contribution in [-0.4, -0.2) is 20.2 Å². The summed E-state index contributed by atoms with van der Waals surface area (Å²) in [4.78, 5) is 13.7. The van der Waals surface area contributed by atoms with Crippen LogP contribution in [0.15, 0.2) is 69.1 Å². The molecule has 0 aliphatic carbocycles. The van der Waals surface area contributed by atoms with Gasteiger partial charge in [0.15, 0.2) is 12.2 Å². The van der Waals surface area contributed by atoms with Gasteiger partial charge in [-0.05, 0) is 44.2 Å². The van der Waals surface area contributed by atoms with E-state index in [2.05, 4.69) is 25.9 Å². The molecule has 1 aliphatic heterocycles. The predicted molar refractivity (Wildman–Crippen MR) is 112 cm³/mol. The number of halogens is 2. The van der Waals surface area contributed by atoms with Crippen LogP contribution in [0, 0.1) is 12.7 Å². The van der Waals surface area contributed by atoms with E-state index in [9.17, 15) is 4.39 Å². The van der Waals surface area contributed by atoms with Crippen molar-refractivity contribution in [2.45, 2.75) is 19.9 Å². The summed E-state index contributed by atoms with van der Waals surface area (Å²) in [6.07, 6.45) is 3.17. The highest BCUT2D eigenvalue weighted by Gasteiger charge is 2.29. The van der Waals surface area contributed by atoms with E-state index in [0.717, 1.165) is 27.1 Å². The normalized spacial score (nSPS) is 15.4. The predicted octanol–water partition coefficient (Wildman–Crippen LogP) is 5.65. The molecule has 0 saturated heterocycles. The Kier molecular flexibility index (Phi) is 4.20. The summed E-state index contributed by atoms with van der Waals surface area (Å²) in [6.45, 7) is 3.86. The van der Waals surface area contributed by atoms with Crippen LogP contribution in [0.25, 0.3) is 17.1 Å². The van der Waals surface area contributed by atoms with Gasteiger partial charge in [0.05, 0.1) is 28.8 Å². The first kappa shape index (κ1) is 18.0. The van der Waals surface area contributed by atoms with E-state index in [4.69, 9.17) is 9.41 Å². The Morgan fingerprint density at radius 3 is 2.69 bits per heavy atom. The maximum absolute atomic E-state index is 14.7. The van der Waals surface area contributed by atoms with Gasteiger partial charge in [-0.15, -0.1) is 0 Å². The minimum atomic E-state index is -0.305. The summed E-state index contributed by atoms with van der Waals surface area (Å²) in [6, 6.07) is 12.3. The fourth-order valence-corrected chi connectivity index (χ4v) is 4.11. The molecule has 0 N–H and O–H groups in total. The van der Waals surface area contributed by atoms with Crippen molar-refractivity contribution in [2.24, 2.45) is 4.99 Å². The number of aryl methyl sites for hydroxylation is 1. The summed E-state index contributed by atoms with van der Waals surface area (Å²) < 4.78 is 23.2. The fraction of sp³-hybridized carbons (Fsp3) is 0.136. The lowest BCUT2D eigenvalue weighted by molar-refractivity contribution is 0.567. The molecular weight excluding hydrogens is 435 g/mol. The average Bonchev–Trinajstić information content (AvgIpc) is 3.30. The third-order valence-corrected chi connectivity index (χ3v) is 5.58. The van der Waals surface area contributed by atoms with Crippen LogP contribution in [-0.2, 0) is 0 Å². The molecule has 2 aromatic heterocycles. The number of hydrogen-bond donors (Lipinski definition) is 0. The highest BCUT2D eigenvalue weighted by molar-refractivity contribution is 9.10. The molecule has 0 fully saturated rings. The first-order chi connectivity index (χ1) is 14.0. The van der Waals surface area contributed by atoms with Gasteiger partial charge < -0.3 is 4.42 Å². The van der Waals surface area contributed by atoms with E-state index in [-0.39, 0.29) is 11.9 Å². The molecule has 0 amide bonds. The van der Waals surface area contributed by atoms with Crippen LogP contribution >= 0.6 is 15.9 Å². The smallest absolute Gasteiger partial charge is 0.181 e. The summed E-state index contributed by atoms with van der Waals surface area (Å²) in [5.41, 5.74) is 5.11. The largest absolute Gasteiger partial charge is 0.441 e. The molecule has 0 unspecified atom stereocenters. The van der Waals surface area contributed by atoms with E-state index in [0.29, 0.717) is 22.7 Å². The number of oxazole rings is 1. The molecule has 3 heterocycles. The second-order valence-corrected chi connectivity index (χ2v) is 7.83. The third-order valence-electron chi connectivity index (χ3n) is 5.09. The monoisotopic (exact) mass is 450 g/mol. The number of aromatic nitrogens is 3. The van der Waals surface area contributed by atoms with Crippen molar-refractivity contribution in [1.82, 2.24) is 14.5 Å². The molecule has 29 heavy (non-hydrogen) atoms. The van der Waals surface area contributed by atoms with Crippen molar-refractivity contribution < 1.29 is 8.81 Å². The van der Waals surface area contributed by atoms with Gasteiger partial charge in [-0.1, -0.05) is 28.1 Å². The molecule has 1 atom stereocenters. The van der Waals surface area contributed by atoms with Crippen LogP contribution in [0.3, 0.4) is 0 Å². The van der Waals surface area contributed by atoms with Crippen molar-refractivity contribution in [3.8, 4) is 17.1 Å². The van der Waals surface area contributed by atoms with Crippen molar-refractivity contribution in [3.63, 3.8) is 0 Å². The van der Waals surface area contributed by atoms with Gasteiger partial charge in [-0.3, -0.25) is 9.56 Å². The van der Waals surface area contributed by atoms with Gasteiger partial charge in [-0.25, -0.2) is 14.4 Å². The number of aliphatic imine (C=N–C) groups is 1. The molecule has 5 rings (SSSR count). The number of benzene rings is 2. The molecular formula is C22H16BrFN4O. The topological polar surface area (TPSA) is 56.2 Å². The molecule has 7 heteroatoms. The molecule has 4 aromatic rings. The molecule has 0 saturated carbocycles. The molecule has 0 spiro atoms. The Bertz CT molecular complexity index is 1270. The molecule has 0 bridgehead atoms. The van der Waals surface area contributed by atoms with Crippen LogP contribution in [0.2, 0.25) is 0 Å². The minimum Gasteiger partial charge on any atom is -0.441 e. The van der Waals surface area contributed by atoms with Crippen LogP contribution in [0.5, 0.6) is 0 Å². The Morgan fingerprint density at radius 1 is 1.10 bits per heavy atom. The van der Waals surface area contributed by atoms with Gasteiger partial charge in [-0.2, -0.15) is 0 Å². The third kappa shape index (κ3) is 2.84.